The molecule has 2 N–H and O–H groups in total. The molecular formula is C20H34IN3O2. The minimum absolute atomic E-state index is 0. The first-order valence-corrected chi connectivity index (χ1v) is 9.46. The van der Waals surface area contributed by atoms with Crippen molar-refractivity contribution in [2.75, 3.05) is 26.3 Å². The highest BCUT2D eigenvalue weighted by Crippen LogP contribution is 2.14. The molecule has 2 rings (SSSR count). The Morgan fingerprint density at radius 1 is 1.15 bits per heavy atom. The molecule has 1 aliphatic heterocycles. The Morgan fingerprint density at radius 3 is 2.42 bits per heavy atom. The zero-order chi connectivity index (χ0) is 17.9. The monoisotopic (exact) mass is 475 g/mol. The van der Waals surface area contributed by atoms with Gasteiger partial charge in [-0.05, 0) is 36.8 Å². The summed E-state index contributed by atoms with van der Waals surface area (Å²) in [5, 5.41) is 6.65. The Morgan fingerprint density at radius 2 is 1.81 bits per heavy atom. The normalized spacial score (nSPS) is 15.6. The van der Waals surface area contributed by atoms with Gasteiger partial charge >= 0.3 is 0 Å². The van der Waals surface area contributed by atoms with Gasteiger partial charge in [0.15, 0.2) is 5.96 Å². The Balaban J connectivity index is 0.00000338. The topological polar surface area (TPSA) is 54.9 Å². The van der Waals surface area contributed by atoms with Crippen molar-refractivity contribution in [3.63, 3.8) is 0 Å². The molecule has 0 radical (unpaired) electrons. The van der Waals surface area contributed by atoms with Crippen molar-refractivity contribution in [3.05, 3.63) is 35.4 Å². The van der Waals surface area contributed by atoms with Gasteiger partial charge in [0.1, 0.15) is 0 Å². The van der Waals surface area contributed by atoms with E-state index in [2.05, 4.69) is 60.7 Å². The van der Waals surface area contributed by atoms with E-state index in [-0.39, 0.29) is 24.0 Å². The van der Waals surface area contributed by atoms with Crippen LogP contribution in [0.15, 0.2) is 29.3 Å². The minimum Gasteiger partial charge on any atom is -0.381 e. The number of rotatable bonds is 8. The molecule has 1 saturated heterocycles. The van der Waals surface area contributed by atoms with Gasteiger partial charge < -0.3 is 20.1 Å². The fourth-order valence-corrected chi connectivity index (χ4v) is 2.61. The third-order valence-electron chi connectivity index (χ3n) is 4.12. The molecule has 0 aromatic heterocycles. The van der Waals surface area contributed by atoms with Crippen molar-refractivity contribution < 1.29 is 9.47 Å². The molecule has 1 fully saturated rings. The zero-order valence-electron chi connectivity index (χ0n) is 16.3. The standard InChI is InChI=1S/C20H33N3O2.HI/c1-4-21-20(22-13-16(2)3)23-14-17-5-7-18(8-6-17)15-25-19-9-11-24-12-10-19;/h5-8,16,19H,4,9-15H2,1-3H3,(H2,21,22,23);1H. The van der Waals surface area contributed by atoms with Crippen LogP contribution in [0.3, 0.4) is 0 Å². The van der Waals surface area contributed by atoms with E-state index in [0.29, 0.717) is 25.2 Å². The molecular weight excluding hydrogens is 441 g/mol. The van der Waals surface area contributed by atoms with E-state index in [4.69, 9.17) is 9.47 Å². The molecule has 1 aromatic carbocycles. The smallest absolute Gasteiger partial charge is 0.191 e. The van der Waals surface area contributed by atoms with Crippen molar-refractivity contribution in [2.24, 2.45) is 10.9 Å². The van der Waals surface area contributed by atoms with Gasteiger partial charge in [-0.15, -0.1) is 24.0 Å². The maximum atomic E-state index is 5.97. The molecule has 6 heteroatoms. The van der Waals surface area contributed by atoms with Crippen LogP contribution in [0.5, 0.6) is 0 Å². The molecule has 0 aliphatic carbocycles. The fourth-order valence-electron chi connectivity index (χ4n) is 2.61. The Hall–Kier alpha value is -0.860. The quantitative estimate of drug-likeness (QED) is 0.342. The number of halogens is 1. The van der Waals surface area contributed by atoms with E-state index in [9.17, 15) is 0 Å². The van der Waals surface area contributed by atoms with Gasteiger partial charge in [-0.3, -0.25) is 0 Å². The highest BCUT2D eigenvalue weighted by molar-refractivity contribution is 14.0. The lowest BCUT2D eigenvalue weighted by Crippen LogP contribution is -2.39. The van der Waals surface area contributed by atoms with Gasteiger partial charge in [-0.1, -0.05) is 38.1 Å². The summed E-state index contributed by atoms with van der Waals surface area (Å²) in [5.41, 5.74) is 2.42. The number of nitrogens with zero attached hydrogens (tertiary/aromatic N) is 1. The van der Waals surface area contributed by atoms with E-state index in [1.807, 2.05) is 0 Å². The van der Waals surface area contributed by atoms with Crippen LogP contribution in [0.4, 0.5) is 0 Å². The van der Waals surface area contributed by atoms with E-state index in [1.54, 1.807) is 0 Å². The number of hydrogen-bond donors (Lipinski definition) is 2. The maximum absolute atomic E-state index is 5.97. The van der Waals surface area contributed by atoms with Crippen LogP contribution in [0.1, 0.15) is 44.7 Å². The minimum atomic E-state index is 0. The lowest BCUT2D eigenvalue weighted by molar-refractivity contribution is -0.0390. The molecule has 0 amide bonds. The Bertz CT molecular complexity index is 514. The van der Waals surface area contributed by atoms with Crippen LogP contribution in [-0.2, 0) is 22.6 Å². The summed E-state index contributed by atoms with van der Waals surface area (Å²) in [4.78, 5) is 4.65. The van der Waals surface area contributed by atoms with Crippen LogP contribution in [0.25, 0.3) is 0 Å². The van der Waals surface area contributed by atoms with Gasteiger partial charge in [-0.25, -0.2) is 4.99 Å². The summed E-state index contributed by atoms with van der Waals surface area (Å²) in [6.07, 6.45) is 2.35. The fraction of sp³-hybridized carbons (Fsp3) is 0.650. The predicted molar refractivity (Wildman–Crippen MR) is 118 cm³/mol. The van der Waals surface area contributed by atoms with E-state index in [1.165, 1.54) is 11.1 Å². The molecule has 1 heterocycles. The van der Waals surface area contributed by atoms with Gasteiger partial charge in [-0.2, -0.15) is 0 Å². The number of hydrogen-bond acceptors (Lipinski definition) is 3. The van der Waals surface area contributed by atoms with Gasteiger partial charge in [0.25, 0.3) is 0 Å². The van der Waals surface area contributed by atoms with Gasteiger partial charge in [0.2, 0.25) is 0 Å². The highest BCUT2D eigenvalue weighted by Gasteiger charge is 2.13. The number of nitrogens with one attached hydrogen (secondary N) is 2. The Labute approximate surface area is 175 Å². The summed E-state index contributed by atoms with van der Waals surface area (Å²) in [7, 11) is 0. The molecule has 148 valence electrons. The van der Waals surface area contributed by atoms with Crippen LogP contribution in [0.2, 0.25) is 0 Å². The lowest BCUT2D eigenvalue weighted by Gasteiger charge is -2.22. The van der Waals surface area contributed by atoms with E-state index < -0.39 is 0 Å². The molecule has 26 heavy (non-hydrogen) atoms. The van der Waals surface area contributed by atoms with E-state index in [0.717, 1.165) is 45.1 Å². The summed E-state index contributed by atoms with van der Waals surface area (Å²) in [6, 6.07) is 8.55. The van der Waals surface area contributed by atoms with Crippen molar-refractivity contribution in [1.82, 2.24) is 10.6 Å². The van der Waals surface area contributed by atoms with Gasteiger partial charge in [0.05, 0.1) is 19.3 Å². The molecule has 0 unspecified atom stereocenters. The number of ether oxygens (including phenoxy) is 2. The zero-order valence-corrected chi connectivity index (χ0v) is 18.6. The molecule has 0 spiro atoms. The predicted octanol–water partition coefficient (Wildman–Crippen LogP) is 3.71. The number of aliphatic imine (C=N–C) groups is 1. The average Bonchev–Trinajstić information content (AvgIpc) is 2.64. The first-order valence-electron chi connectivity index (χ1n) is 9.46. The summed E-state index contributed by atoms with van der Waals surface area (Å²) >= 11 is 0. The number of guanidine groups is 1. The van der Waals surface area contributed by atoms with Crippen molar-refractivity contribution in [1.29, 1.82) is 0 Å². The van der Waals surface area contributed by atoms with E-state index >= 15 is 0 Å². The lowest BCUT2D eigenvalue weighted by atomic mass is 10.1. The largest absolute Gasteiger partial charge is 0.381 e. The SMILES string of the molecule is CCNC(=NCc1ccc(COC2CCOCC2)cc1)NCC(C)C.I. The first-order chi connectivity index (χ1) is 12.2. The molecule has 1 aromatic rings. The number of benzene rings is 1. The second-order valence-electron chi connectivity index (χ2n) is 6.91. The Kier molecular flexibility index (Phi) is 11.9. The van der Waals surface area contributed by atoms with Crippen LogP contribution in [0, 0.1) is 5.92 Å². The van der Waals surface area contributed by atoms with Crippen molar-refractivity contribution in [2.45, 2.75) is 52.9 Å². The first kappa shape index (κ1) is 23.2. The second kappa shape index (κ2) is 13.3. The highest BCUT2D eigenvalue weighted by atomic mass is 127. The molecule has 1 aliphatic rings. The second-order valence-corrected chi connectivity index (χ2v) is 6.91. The van der Waals surface area contributed by atoms with Crippen LogP contribution in [-0.4, -0.2) is 38.4 Å². The van der Waals surface area contributed by atoms with Crippen LogP contribution < -0.4 is 10.6 Å². The third kappa shape index (κ3) is 9.19. The average molecular weight is 475 g/mol. The van der Waals surface area contributed by atoms with Gasteiger partial charge in [0, 0.05) is 26.3 Å². The molecule has 5 nitrogen and oxygen atoms in total. The van der Waals surface area contributed by atoms with Crippen molar-refractivity contribution in [3.8, 4) is 0 Å². The molecule has 0 saturated carbocycles. The maximum Gasteiger partial charge on any atom is 0.191 e. The third-order valence-corrected chi connectivity index (χ3v) is 4.12. The molecule has 0 bridgehead atoms. The summed E-state index contributed by atoms with van der Waals surface area (Å²) in [6.45, 7) is 11.2. The van der Waals surface area contributed by atoms with Crippen LogP contribution >= 0.6 is 24.0 Å². The van der Waals surface area contributed by atoms with Crippen molar-refractivity contribution >= 4 is 29.9 Å². The summed E-state index contributed by atoms with van der Waals surface area (Å²) < 4.78 is 11.3. The summed E-state index contributed by atoms with van der Waals surface area (Å²) in [5.74, 6) is 1.47. The molecule has 0 atom stereocenters.